The highest BCUT2D eigenvalue weighted by Crippen LogP contribution is 2.14. The summed E-state index contributed by atoms with van der Waals surface area (Å²) >= 11 is 0. The van der Waals surface area contributed by atoms with Gasteiger partial charge in [-0.15, -0.1) is 0 Å². The minimum absolute atomic E-state index is 0.164. The number of unbranched alkanes of at least 4 members (excludes halogenated alkanes) is 5. The van der Waals surface area contributed by atoms with Crippen molar-refractivity contribution in [1.82, 2.24) is 4.90 Å². The first kappa shape index (κ1) is 19.1. The molecule has 136 valence electrons. The zero-order valence-corrected chi connectivity index (χ0v) is 14.8. The number of hydrogen-bond acceptors (Lipinski definition) is 5. The summed E-state index contributed by atoms with van der Waals surface area (Å²) in [7, 11) is 0. The highest BCUT2D eigenvalue weighted by atomic mass is 16.6. The Morgan fingerprint density at radius 2 is 1.30 bits per heavy atom. The van der Waals surface area contributed by atoms with Crippen LogP contribution in [0.2, 0.25) is 0 Å². The summed E-state index contributed by atoms with van der Waals surface area (Å²) in [5.41, 5.74) is 0. The summed E-state index contributed by atoms with van der Waals surface area (Å²) < 4.78 is 22.9. The van der Waals surface area contributed by atoms with E-state index in [1.165, 1.54) is 45.1 Å². The second kappa shape index (κ2) is 12.2. The van der Waals surface area contributed by atoms with E-state index in [9.17, 15) is 0 Å². The molecule has 0 radical (unpaired) electrons. The van der Waals surface area contributed by atoms with E-state index in [0.717, 1.165) is 13.1 Å². The van der Waals surface area contributed by atoms with Crippen LogP contribution in [-0.4, -0.2) is 76.4 Å². The topological polar surface area (TPSA) is 40.2 Å². The predicted molar refractivity (Wildman–Crippen MR) is 90.9 cm³/mol. The van der Waals surface area contributed by atoms with Gasteiger partial charge in [0.2, 0.25) is 0 Å². The molecule has 2 saturated heterocycles. The van der Waals surface area contributed by atoms with E-state index in [-0.39, 0.29) is 12.2 Å². The molecular formula is C18H35NO4. The van der Waals surface area contributed by atoms with Crippen LogP contribution in [0, 0.1) is 0 Å². The minimum Gasteiger partial charge on any atom is -0.377 e. The summed E-state index contributed by atoms with van der Waals surface area (Å²) in [4.78, 5) is 2.54. The average Bonchev–Trinajstić information content (AvgIpc) is 2.55. The van der Waals surface area contributed by atoms with Crippen molar-refractivity contribution >= 4 is 0 Å². The maximum atomic E-state index is 6.12. The van der Waals surface area contributed by atoms with Gasteiger partial charge in [-0.1, -0.05) is 39.0 Å². The lowest BCUT2D eigenvalue weighted by molar-refractivity contribution is -0.144. The lowest BCUT2D eigenvalue weighted by atomic mass is 10.1. The second-order valence-corrected chi connectivity index (χ2v) is 6.67. The Hall–Kier alpha value is -0.200. The first-order valence-electron chi connectivity index (χ1n) is 9.49. The van der Waals surface area contributed by atoms with Gasteiger partial charge in [-0.3, -0.25) is 4.90 Å². The standard InChI is InChI=1S/C18H35NO4/c1-2-3-4-5-6-7-8-19-13-17-15-21-11-9-20-10-12-22-16-18(14-19)23-17/h17-18H,2-16H2,1H3. The number of fused-ring (bicyclic) bond motifs is 2. The molecule has 2 fully saturated rings. The van der Waals surface area contributed by atoms with Crippen molar-refractivity contribution in [3.05, 3.63) is 0 Å². The van der Waals surface area contributed by atoms with E-state index in [2.05, 4.69) is 11.8 Å². The number of nitrogens with zero attached hydrogens (tertiary/aromatic N) is 1. The van der Waals surface area contributed by atoms with Crippen molar-refractivity contribution in [2.24, 2.45) is 0 Å². The molecule has 0 aromatic carbocycles. The van der Waals surface area contributed by atoms with Gasteiger partial charge in [0.05, 0.1) is 51.8 Å². The number of ether oxygens (including phenoxy) is 4. The smallest absolute Gasteiger partial charge is 0.0940 e. The Balaban J connectivity index is 1.69. The quantitative estimate of drug-likeness (QED) is 0.671. The maximum Gasteiger partial charge on any atom is 0.0940 e. The Morgan fingerprint density at radius 1 is 0.739 bits per heavy atom. The molecule has 2 bridgehead atoms. The third-order valence-electron chi connectivity index (χ3n) is 4.49. The van der Waals surface area contributed by atoms with Gasteiger partial charge in [-0.25, -0.2) is 0 Å². The SMILES string of the molecule is CCCCCCCCN1CC2COCCOCCOCC(C1)O2. The fourth-order valence-electron chi connectivity index (χ4n) is 3.26. The molecule has 2 rings (SSSR count). The largest absolute Gasteiger partial charge is 0.377 e. The van der Waals surface area contributed by atoms with Crippen LogP contribution in [0.25, 0.3) is 0 Å². The lowest BCUT2D eigenvalue weighted by Gasteiger charge is -2.38. The first-order valence-corrected chi connectivity index (χ1v) is 9.49. The predicted octanol–water partition coefficient (Wildman–Crippen LogP) is 2.48. The van der Waals surface area contributed by atoms with E-state index in [0.29, 0.717) is 39.6 Å². The van der Waals surface area contributed by atoms with Gasteiger partial charge < -0.3 is 18.9 Å². The van der Waals surface area contributed by atoms with Crippen molar-refractivity contribution < 1.29 is 18.9 Å². The first-order chi connectivity index (χ1) is 11.4. The Kier molecular flexibility index (Phi) is 10.1. The Bertz CT molecular complexity index is 272. The molecule has 5 nitrogen and oxygen atoms in total. The Labute approximate surface area is 141 Å². The summed E-state index contributed by atoms with van der Waals surface area (Å²) in [5, 5.41) is 0. The summed E-state index contributed by atoms with van der Waals surface area (Å²) in [6, 6.07) is 0. The van der Waals surface area contributed by atoms with Gasteiger partial charge >= 0.3 is 0 Å². The number of morpholine rings is 1. The zero-order chi connectivity index (χ0) is 16.2. The van der Waals surface area contributed by atoms with Crippen LogP contribution >= 0.6 is 0 Å². The van der Waals surface area contributed by atoms with Crippen LogP contribution in [0.1, 0.15) is 45.4 Å². The lowest BCUT2D eigenvalue weighted by Crippen LogP contribution is -2.51. The molecular weight excluding hydrogens is 294 g/mol. The summed E-state index contributed by atoms with van der Waals surface area (Å²) in [6.45, 7) is 9.28. The van der Waals surface area contributed by atoms with Gasteiger partial charge in [0.25, 0.3) is 0 Å². The van der Waals surface area contributed by atoms with Crippen LogP contribution in [0.4, 0.5) is 0 Å². The van der Waals surface area contributed by atoms with Gasteiger partial charge in [0.15, 0.2) is 0 Å². The van der Waals surface area contributed by atoms with Crippen LogP contribution < -0.4 is 0 Å². The van der Waals surface area contributed by atoms with Crippen LogP contribution in [0.3, 0.4) is 0 Å². The van der Waals surface area contributed by atoms with E-state index >= 15 is 0 Å². The van der Waals surface area contributed by atoms with Crippen molar-refractivity contribution in [2.75, 3.05) is 59.3 Å². The minimum atomic E-state index is 0.164. The van der Waals surface area contributed by atoms with E-state index < -0.39 is 0 Å². The molecule has 0 saturated carbocycles. The molecule has 0 spiro atoms. The van der Waals surface area contributed by atoms with Crippen LogP contribution in [-0.2, 0) is 18.9 Å². The molecule has 0 N–H and O–H groups in total. The molecule has 2 aliphatic rings. The normalized spacial score (nSPS) is 28.0. The fraction of sp³-hybridized carbons (Fsp3) is 1.00. The Morgan fingerprint density at radius 3 is 1.96 bits per heavy atom. The van der Waals surface area contributed by atoms with E-state index in [4.69, 9.17) is 18.9 Å². The highest BCUT2D eigenvalue weighted by molar-refractivity contribution is 4.78. The van der Waals surface area contributed by atoms with Gasteiger partial charge in [0, 0.05) is 13.1 Å². The van der Waals surface area contributed by atoms with Crippen LogP contribution in [0.5, 0.6) is 0 Å². The third kappa shape index (κ3) is 8.45. The van der Waals surface area contributed by atoms with E-state index in [1.54, 1.807) is 0 Å². The molecule has 0 aromatic heterocycles. The molecule has 2 atom stereocenters. The molecule has 0 aliphatic carbocycles. The molecule has 23 heavy (non-hydrogen) atoms. The monoisotopic (exact) mass is 329 g/mol. The molecule has 0 amide bonds. The van der Waals surface area contributed by atoms with Gasteiger partial charge in [-0.2, -0.15) is 0 Å². The number of hydrogen-bond donors (Lipinski definition) is 0. The maximum absolute atomic E-state index is 6.12. The van der Waals surface area contributed by atoms with E-state index in [1.807, 2.05) is 0 Å². The van der Waals surface area contributed by atoms with Crippen molar-refractivity contribution in [3.63, 3.8) is 0 Å². The van der Waals surface area contributed by atoms with Gasteiger partial charge in [0.1, 0.15) is 0 Å². The van der Waals surface area contributed by atoms with Gasteiger partial charge in [-0.05, 0) is 13.0 Å². The fourth-order valence-corrected chi connectivity index (χ4v) is 3.26. The van der Waals surface area contributed by atoms with Crippen molar-refractivity contribution in [2.45, 2.75) is 57.7 Å². The second-order valence-electron chi connectivity index (χ2n) is 6.67. The summed E-state index contributed by atoms with van der Waals surface area (Å²) in [5.74, 6) is 0. The molecule has 5 heteroatoms. The average molecular weight is 329 g/mol. The molecule has 0 aromatic rings. The van der Waals surface area contributed by atoms with Crippen molar-refractivity contribution in [1.29, 1.82) is 0 Å². The number of rotatable bonds is 7. The molecule has 2 heterocycles. The zero-order valence-electron chi connectivity index (χ0n) is 14.8. The molecule has 2 unspecified atom stereocenters. The highest BCUT2D eigenvalue weighted by Gasteiger charge is 2.28. The third-order valence-corrected chi connectivity index (χ3v) is 4.49. The molecule has 2 aliphatic heterocycles. The summed E-state index contributed by atoms with van der Waals surface area (Å²) in [6.07, 6.45) is 8.41. The van der Waals surface area contributed by atoms with Crippen LogP contribution in [0.15, 0.2) is 0 Å². The van der Waals surface area contributed by atoms with Crippen molar-refractivity contribution in [3.8, 4) is 0 Å².